The number of hydrogen-bond donors (Lipinski definition) is 0. The molecule has 0 saturated heterocycles. The summed E-state index contributed by atoms with van der Waals surface area (Å²) in [6.45, 7) is 5.21. The van der Waals surface area contributed by atoms with Crippen molar-refractivity contribution in [3.8, 4) is 0 Å². The van der Waals surface area contributed by atoms with Gasteiger partial charge in [-0.3, -0.25) is 29.3 Å². The molecule has 1 aliphatic heterocycles. The summed E-state index contributed by atoms with van der Waals surface area (Å²) in [5, 5.41) is 22.0. The van der Waals surface area contributed by atoms with E-state index >= 15 is 0 Å². The van der Waals surface area contributed by atoms with Gasteiger partial charge in [-0.1, -0.05) is 11.8 Å². The molecule has 0 saturated carbocycles. The normalized spacial score (nSPS) is 22.2. The zero-order valence-electron chi connectivity index (χ0n) is 13.1. The Balaban J connectivity index is 2.41. The molecule has 0 spiro atoms. The molecule has 24 heavy (non-hydrogen) atoms. The van der Waals surface area contributed by atoms with Gasteiger partial charge in [-0.05, 0) is 26.8 Å². The fraction of sp³-hybridized carbons (Fsp3) is 0.385. The van der Waals surface area contributed by atoms with Gasteiger partial charge in [0.2, 0.25) is 0 Å². The topological polar surface area (TPSA) is 122 Å². The largest absolute Gasteiger partial charge is 0.355 e. The van der Waals surface area contributed by atoms with Gasteiger partial charge in [0.25, 0.3) is 11.4 Å². The minimum atomic E-state index is -3.41. The maximum atomic E-state index is 12.4. The van der Waals surface area contributed by atoms with Crippen LogP contribution in [0, 0.1) is 20.2 Å². The van der Waals surface area contributed by atoms with Crippen LogP contribution in [0.2, 0.25) is 0 Å². The summed E-state index contributed by atoms with van der Waals surface area (Å²) in [6, 6.07) is 3.37. The van der Waals surface area contributed by atoms with Gasteiger partial charge in [-0.2, -0.15) is 0 Å². The number of nitrogens with zero attached hydrogens (tertiary/aromatic N) is 2. The van der Waals surface area contributed by atoms with Crippen LogP contribution in [0.15, 0.2) is 33.8 Å². The fourth-order valence-corrected chi connectivity index (χ4v) is 5.48. The molecule has 9 nitrogen and oxygen atoms in total. The van der Waals surface area contributed by atoms with E-state index in [-0.39, 0.29) is 17.2 Å². The third-order valence-electron chi connectivity index (χ3n) is 3.10. The Labute approximate surface area is 141 Å². The van der Waals surface area contributed by atoms with Gasteiger partial charge in [-0.25, -0.2) is 0 Å². The van der Waals surface area contributed by atoms with Gasteiger partial charge < -0.3 is 4.52 Å². The van der Waals surface area contributed by atoms with Crippen molar-refractivity contribution in [2.24, 2.45) is 0 Å². The van der Waals surface area contributed by atoms with E-state index in [0.717, 1.165) is 17.8 Å². The lowest BCUT2D eigenvalue weighted by molar-refractivity contribution is -0.396. The molecule has 0 aromatic heterocycles. The van der Waals surface area contributed by atoms with Crippen molar-refractivity contribution < 1.29 is 23.5 Å². The molecule has 1 unspecified atom stereocenters. The van der Waals surface area contributed by atoms with Crippen LogP contribution in [-0.4, -0.2) is 22.1 Å². The van der Waals surface area contributed by atoms with Gasteiger partial charge in [0.05, 0.1) is 27.4 Å². The van der Waals surface area contributed by atoms with E-state index < -0.39 is 28.7 Å². The SMILES string of the molecule is CCOP1(=O)C=C(Sc2ccc([N+](=O)[O-])cc2[N+](=O)[O-])C(C)(C)O1. The Bertz CT molecular complexity index is 778. The highest BCUT2D eigenvalue weighted by Crippen LogP contribution is 2.63. The van der Waals surface area contributed by atoms with Crippen molar-refractivity contribution in [1.82, 2.24) is 0 Å². The van der Waals surface area contributed by atoms with Gasteiger partial charge in [0.1, 0.15) is 5.60 Å². The molecule has 0 fully saturated rings. The number of non-ortho nitro benzene ring substituents is 1. The summed E-state index contributed by atoms with van der Waals surface area (Å²) in [7, 11) is -3.41. The van der Waals surface area contributed by atoms with Crippen molar-refractivity contribution >= 4 is 30.7 Å². The maximum Gasteiger partial charge on any atom is 0.355 e. The standard InChI is InChI=1S/C13H15N2O7PS/c1-4-21-23(20)8-12(13(2,3)22-23)24-11-6-5-9(14(16)17)7-10(11)15(18)19/h5-8H,4H2,1-3H3. The minimum absolute atomic E-state index is 0.193. The Hall–Kier alpha value is -1.74. The van der Waals surface area contributed by atoms with Gasteiger partial charge in [-0.15, -0.1) is 0 Å². The van der Waals surface area contributed by atoms with Gasteiger partial charge in [0.15, 0.2) is 0 Å². The first-order valence-corrected chi connectivity index (χ1v) is 9.30. The average Bonchev–Trinajstić information content (AvgIpc) is 2.68. The summed E-state index contributed by atoms with van der Waals surface area (Å²) < 4.78 is 23.0. The van der Waals surface area contributed by atoms with Crippen LogP contribution in [0.5, 0.6) is 0 Å². The first kappa shape index (κ1) is 18.6. The fourth-order valence-electron chi connectivity index (χ4n) is 2.05. The van der Waals surface area contributed by atoms with E-state index in [2.05, 4.69) is 0 Å². The Morgan fingerprint density at radius 1 is 1.29 bits per heavy atom. The summed E-state index contributed by atoms with van der Waals surface area (Å²) in [6.07, 6.45) is 0. The predicted molar refractivity (Wildman–Crippen MR) is 88.1 cm³/mol. The maximum absolute atomic E-state index is 12.4. The first-order valence-electron chi connectivity index (χ1n) is 6.87. The van der Waals surface area contributed by atoms with Crippen molar-refractivity contribution in [2.45, 2.75) is 31.3 Å². The summed E-state index contributed by atoms with van der Waals surface area (Å²) >= 11 is 0.981. The highest BCUT2D eigenvalue weighted by atomic mass is 32.2. The monoisotopic (exact) mass is 374 g/mol. The molecule has 130 valence electrons. The third-order valence-corrected chi connectivity index (χ3v) is 6.58. The Morgan fingerprint density at radius 2 is 1.96 bits per heavy atom. The molecule has 1 aliphatic rings. The molecule has 1 aromatic rings. The second-order valence-corrected chi connectivity index (χ2v) is 8.18. The van der Waals surface area contributed by atoms with Crippen molar-refractivity contribution in [3.63, 3.8) is 0 Å². The van der Waals surface area contributed by atoms with Crippen LogP contribution >= 0.6 is 19.4 Å². The van der Waals surface area contributed by atoms with Crippen LogP contribution in [0.4, 0.5) is 11.4 Å². The lowest BCUT2D eigenvalue weighted by atomic mass is 10.1. The molecule has 0 bridgehead atoms. The highest BCUT2D eigenvalue weighted by Gasteiger charge is 2.43. The number of benzene rings is 1. The van der Waals surface area contributed by atoms with Crippen LogP contribution in [0.1, 0.15) is 20.8 Å². The van der Waals surface area contributed by atoms with Crippen molar-refractivity contribution in [2.75, 3.05) is 6.61 Å². The number of hydrogen-bond acceptors (Lipinski definition) is 8. The number of nitro benzene ring substituents is 2. The molecule has 2 rings (SSSR count). The first-order chi connectivity index (χ1) is 11.1. The molecule has 1 atom stereocenters. The van der Waals surface area contributed by atoms with Crippen LogP contribution < -0.4 is 0 Å². The van der Waals surface area contributed by atoms with E-state index in [0.29, 0.717) is 4.91 Å². The zero-order chi connectivity index (χ0) is 18.1. The minimum Gasteiger partial charge on any atom is -0.306 e. The summed E-state index contributed by atoms with van der Waals surface area (Å²) in [5.41, 5.74) is -1.73. The Morgan fingerprint density at radius 3 is 2.50 bits per heavy atom. The molecule has 0 aliphatic carbocycles. The molecule has 1 aromatic carbocycles. The quantitative estimate of drug-likeness (QED) is 0.406. The summed E-state index contributed by atoms with van der Waals surface area (Å²) in [4.78, 5) is 21.3. The van der Waals surface area contributed by atoms with Crippen LogP contribution in [0.25, 0.3) is 0 Å². The zero-order valence-corrected chi connectivity index (χ0v) is 14.8. The molecule has 0 amide bonds. The molecular weight excluding hydrogens is 359 g/mol. The van der Waals surface area contributed by atoms with E-state index in [9.17, 15) is 24.8 Å². The second-order valence-electron chi connectivity index (χ2n) is 5.32. The molecule has 0 N–H and O–H groups in total. The van der Waals surface area contributed by atoms with Crippen LogP contribution in [-0.2, 0) is 13.6 Å². The average molecular weight is 374 g/mol. The van der Waals surface area contributed by atoms with Gasteiger partial charge >= 0.3 is 7.60 Å². The lowest BCUT2D eigenvalue weighted by Gasteiger charge is -2.22. The summed E-state index contributed by atoms with van der Waals surface area (Å²) in [5.74, 6) is 1.34. The Kier molecular flexibility index (Phi) is 5.14. The number of nitro groups is 2. The van der Waals surface area contributed by atoms with E-state index in [1.54, 1.807) is 20.8 Å². The van der Waals surface area contributed by atoms with Crippen molar-refractivity contribution in [3.05, 3.63) is 49.1 Å². The second kappa shape index (κ2) is 6.64. The molecular formula is C13H15N2O7PS. The lowest BCUT2D eigenvalue weighted by Crippen LogP contribution is -2.19. The smallest absolute Gasteiger partial charge is 0.306 e. The van der Waals surface area contributed by atoms with Crippen LogP contribution in [0.3, 0.4) is 0 Å². The predicted octanol–water partition coefficient (Wildman–Crippen LogP) is 4.47. The highest BCUT2D eigenvalue weighted by molar-refractivity contribution is 8.03. The number of rotatable bonds is 6. The van der Waals surface area contributed by atoms with E-state index in [1.165, 1.54) is 17.9 Å². The third kappa shape index (κ3) is 3.84. The number of thioether (sulfide) groups is 1. The molecule has 11 heteroatoms. The molecule has 1 heterocycles. The van der Waals surface area contributed by atoms with E-state index in [4.69, 9.17) is 9.05 Å². The molecule has 0 radical (unpaired) electrons. The van der Waals surface area contributed by atoms with Crippen molar-refractivity contribution in [1.29, 1.82) is 0 Å². The van der Waals surface area contributed by atoms with Gasteiger partial charge in [0, 0.05) is 16.8 Å². The van der Waals surface area contributed by atoms with E-state index in [1.807, 2.05) is 0 Å².